The monoisotopic (exact) mass is 391 g/mol. The Balaban J connectivity index is 1.92. The second kappa shape index (κ2) is 7.29. The Morgan fingerprint density at radius 3 is 2.54 bits per heavy atom. The lowest BCUT2D eigenvalue weighted by atomic mass is 10.1. The number of carbonyl (C=O) groups excluding carboxylic acids is 1. The summed E-state index contributed by atoms with van der Waals surface area (Å²) in [5, 5.41) is 7.88. The minimum atomic E-state index is -4.52. The van der Waals surface area contributed by atoms with E-state index < -0.39 is 23.8 Å². The molecule has 28 heavy (non-hydrogen) atoms. The molecule has 0 unspecified atom stereocenters. The van der Waals surface area contributed by atoms with Gasteiger partial charge in [-0.2, -0.15) is 13.2 Å². The number of carbonyl (C=O) groups is 1. The molecule has 1 amide bonds. The van der Waals surface area contributed by atoms with E-state index in [0.29, 0.717) is 5.82 Å². The number of hydrogen-bond donors (Lipinski definition) is 1. The van der Waals surface area contributed by atoms with Crippen LogP contribution in [0.5, 0.6) is 5.88 Å². The van der Waals surface area contributed by atoms with Crippen LogP contribution in [-0.2, 0) is 13.2 Å². The lowest BCUT2D eigenvalue weighted by molar-refractivity contribution is -0.137. The number of pyridine rings is 1. The van der Waals surface area contributed by atoms with E-state index in [2.05, 4.69) is 15.2 Å². The number of ether oxygens (including phenoxy) is 1. The molecule has 0 saturated heterocycles. The number of nitrogens with zero attached hydrogens (tertiary/aromatic N) is 4. The summed E-state index contributed by atoms with van der Waals surface area (Å²) in [7, 11) is 1.55. The molecule has 10 heteroatoms. The maximum atomic E-state index is 13.3. The molecule has 1 aromatic carbocycles. The van der Waals surface area contributed by atoms with Crippen LogP contribution in [0.3, 0.4) is 0 Å². The Morgan fingerprint density at radius 2 is 1.86 bits per heavy atom. The number of hydrogen-bond acceptors (Lipinski definition) is 5. The number of nitrogens with two attached hydrogens (primary N) is 1. The molecule has 2 aromatic heterocycles. The fourth-order valence-corrected chi connectivity index (χ4v) is 2.71. The molecule has 1 atom stereocenters. The molecule has 0 aliphatic carbocycles. The maximum absolute atomic E-state index is 13.3. The molecule has 3 rings (SSSR count). The third kappa shape index (κ3) is 3.80. The van der Waals surface area contributed by atoms with E-state index in [1.165, 1.54) is 34.9 Å². The van der Waals surface area contributed by atoms with Crippen molar-refractivity contribution in [1.29, 1.82) is 0 Å². The Labute approximate surface area is 158 Å². The van der Waals surface area contributed by atoms with Crippen molar-refractivity contribution in [3.63, 3.8) is 0 Å². The zero-order valence-electron chi connectivity index (χ0n) is 14.9. The molecule has 0 saturated carbocycles. The van der Waals surface area contributed by atoms with Gasteiger partial charge in [-0.3, -0.25) is 4.79 Å². The molecular weight excluding hydrogens is 375 g/mol. The third-order valence-corrected chi connectivity index (χ3v) is 4.02. The lowest BCUT2D eigenvalue weighted by Crippen LogP contribution is -2.15. The number of aromatic nitrogens is 4. The van der Waals surface area contributed by atoms with Crippen molar-refractivity contribution in [2.24, 2.45) is 12.8 Å². The molecule has 3 aromatic rings. The predicted octanol–water partition coefficient (Wildman–Crippen LogP) is 3.13. The normalized spacial score (nSPS) is 12.6. The van der Waals surface area contributed by atoms with Crippen LogP contribution in [0.2, 0.25) is 0 Å². The zero-order valence-corrected chi connectivity index (χ0v) is 14.9. The smallest absolute Gasteiger partial charge is 0.417 e. The first-order chi connectivity index (χ1) is 13.2. The van der Waals surface area contributed by atoms with E-state index in [1.807, 2.05) is 0 Å². The SMILES string of the molecule is C[C@H](Oc1cccc(C(N)=O)n1)c1nnc(-c2ccccc2C(F)(F)F)n1C. The quantitative estimate of drug-likeness (QED) is 0.721. The Hall–Kier alpha value is -3.43. The minimum Gasteiger partial charge on any atom is -0.466 e. The van der Waals surface area contributed by atoms with Gasteiger partial charge in [-0.15, -0.1) is 10.2 Å². The van der Waals surface area contributed by atoms with Gasteiger partial charge in [0.25, 0.3) is 5.91 Å². The van der Waals surface area contributed by atoms with E-state index in [1.54, 1.807) is 20.0 Å². The van der Waals surface area contributed by atoms with Crippen molar-refractivity contribution in [2.45, 2.75) is 19.2 Å². The molecule has 0 aliphatic rings. The lowest BCUT2D eigenvalue weighted by Gasteiger charge is -2.15. The first-order valence-corrected chi connectivity index (χ1v) is 8.18. The van der Waals surface area contributed by atoms with E-state index in [-0.39, 0.29) is 23.0 Å². The van der Waals surface area contributed by atoms with Crippen molar-refractivity contribution in [2.75, 3.05) is 0 Å². The van der Waals surface area contributed by atoms with Gasteiger partial charge in [0.2, 0.25) is 5.88 Å². The Bertz CT molecular complexity index is 1020. The topological polar surface area (TPSA) is 95.9 Å². The molecule has 2 heterocycles. The average molecular weight is 391 g/mol. The van der Waals surface area contributed by atoms with Gasteiger partial charge >= 0.3 is 6.18 Å². The number of primary amides is 1. The molecule has 0 aliphatic heterocycles. The molecule has 0 radical (unpaired) electrons. The summed E-state index contributed by atoms with van der Waals surface area (Å²) in [6.45, 7) is 1.64. The second-order valence-corrected chi connectivity index (χ2v) is 5.97. The van der Waals surface area contributed by atoms with Gasteiger partial charge in [0.1, 0.15) is 5.69 Å². The van der Waals surface area contributed by atoms with E-state index in [9.17, 15) is 18.0 Å². The first-order valence-electron chi connectivity index (χ1n) is 8.18. The summed E-state index contributed by atoms with van der Waals surface area (Å²) in [5.74, 6) is -0.234. The van der Waals surface area contributed by atoms with Crippen LogP contribution >= 0.6 is 0 Å². The first kappa shape index (κ1) is 19.3. The van der Waals surface area contributed by atoms with Crippen LogP contribution in [-0.4, -0.2) is 25.7 Å². The molecular formula is C18H16F3N5O2. The van der Waals surface area contributed by atoms with Crippen LogP contribution in [0.15, 0.2) is 42.5 Å². The van der Waals surface area contributed by atoms with Gasteiger partial charge in [0.05, 0.1) is 5.56 Å². The molecule has 7 nitrogen and oxygen atoms in total. The summed E-state index contributed by atoms with van der Waals surface area (Å²) >= 11 is 0. The summed E-state index contributed by atoms with van der Waals surface area (Å²) in [5.41, 5.74) is 4.33. The van der Waals surface area contributed by atoms with Crippen molar-refractivity contribution < 1.29 is 22.7 Å². The maximum Gasteiger partial charge on any atom is 0.417 e. The molecule has 146 valence electrons. The number of halogens is 3. The largest absolute Gasteiger partial charge is 0.466 e. The van der Waals surface area contributed by atoms with Crippen molar-refractivity contribution in [3.05, 3.63) is 59.5 Å². The highest BCUT2D eigenvalue weighted by Gasteiger charge is 2.34. The summed E-state index contributed by atoms with van der Waals surface area (Å²) < 4.78 is 47.0. The Kier molecular flexibility index (Phi) is 5.04. The predicted molar refractivity (Wildman–Crippen MR) is 93.2 cm³/mol. The van der Waals surface area contributed by atoms with Crippen LogP contribution < -0.4 is 10.5 Å². The fraction of sp³-hybridized carbons (Fsp3) is 0.222. The number of benzene rings is 1. The highest BCUT2D eigenvalue weighted by molar-refractivity contribution is 5.90. The van der Waals surface area contributed by atoms with Crippen LogP contribution in [0.1, 0.15) is 34.9 Å². The molecule has 2 N–H and O–H groups in total. The number of amides is 1. The van der Waals surface area contributed by atoms with Gasteiger partial charge in [-0.1, -0.05) is 24.3 Å². The van der Waals surface area contributed by atoms with Crippen LogP contribution in [0, 0.1) is 0 Å². The number of alkyl halides is 3. The van der Waals surface area contributed by atoms with Gasteiger partial charge in [-0.05, 0) is 19.1 Å². The van der Waals surface area contributed by atoms with Crippen molar-refractivity contribution in [3.8, 4) is 17.3 Å². The summed E-state index contributed by atoms with van der Waals surface area (Å²) in [4.78, 5) is 15.2. The van der Waals surface area contributed by atoms with Crippen LogP contribution in [0.4, 0.5) is 13.2 Å². The van der Waals surface area contributed by atoms with Crippen molar-refractivity contribution in [1.82, 2.24) is 19.7 Å². The average Bonchev–Trinajstić information content (AvgIpc) is 3.02. The molecule has 0 spiro atoms. The van der Waals surface area contributed by atoms with Crippen LogP contribution in [0.25, 0.3) is 11.4 Å². The Morgan fingerprint density at radius 1 is 1.14 bits per heavy atom. The van der Waals surface area contributed by atoms with Gasteiger partial charge in [0.15, 0.2) is 17.8 Å². The fourth-order valence-electron chi connectivity index (χ4n) is 2.71. The zero-order chi connectivity index (χ0) is 20.5. The molecule has 0 bridgehead atoms. The van der Waals surface area contributed by atoms with Gasteiger partial charge < -0.3 is 15.0 Å². The van der Waals surface area contributed by atoms with Gasteiger partial charge in [-0.25, -0.2) is 4.98 Å². The van der Waals surface area contributed by atoms with E-state index in [4.69, 9.17) is 10.5 Å². The standard InChI is InChI=1S/C18H16F3N5O2/c1-10(28-14-9-5-8-13(23-14)15(22)27)16-24-25-17(26(16)2)11-6-3-4-7-12(11)18(19,20)21/h3-10H,1-2H3,(H2,22,27)/t10-/m0/s1. The number of rotatable bonds is 5. The minimum absolute atomic E-state index is 0.0301. The third-order valence-electron chi connectivity index (χ3n) is 4.02. The van der Waals surface area contributed by atoms with E-state index >= 15 is 0 Å². The van der Waals surface area contributed by atoms with E-state index in [0.717, 1.165) is 6.07 Å². The van der Waals surface area contributed by atoms with Crippen molar-refractivity contribution >= 4 is 5.91 Å². The highest BCUT2D eigenvalue weighted by Crippen LogP contribution is 2.36. The summed E-state index contributed by atoms with van der Waals surface area (Å²) in [6.07, 6.45) is -5.22. The molecule has 0 fully saturated rings. The second-order valence-electron chi connectivity index (χ2n) is 5.97. The summed E-state index contributed by atoms with van der Waals surface area (Å²) in [6, 6.07) is 9.65. The van der Waals surface area contributed by atoms with Gasteiger partial charge in [0, 0.05) is 18.7 Å². The highest BCUT2D eigenvalue weighted by atomic mass is 19.4.